The molecule has 3 heterocycles. The summed E-state index contributed by atoms with van der Waals surface area (Å²) in [4.78, 5) is 47.5. The molecule has 0 unspecified atom stereocenters. The molecule has 0 spiro atoms. The Hall–Kier alpha value is 2.46. The van der Waals surface area contributed by atoms with Gasteiger partial charge in [0.1, 0.15) is 4.88 Å². The quantitative estimate of drug-likeness (QED) is 0.0103. The number of thiophene rings is 3. The van der Waals surface area contributed by atoms with Crippen LogP contribution in [-0.4, -0.2) is 43.2 Å². The average molecular weight is 1190 g/mol. The van der Waals surface area contributed by atoms with Crippen molar-refractivity contribution < 1.29 is 143 Å². The molecule has 62 heavy (non-hydrogen) atoms. The summed E-state index contributed by atoms with van der Waals surface area (Å²) in [6.07, 6.45) is 31.0. The topological polar surface area (TPSA) is 119 Å². The number of Topliss-reactive ketones (excluding diaryl/α,β-unsaturated/α-hetero) is 1. The van der Waals surface area contributed by atoms with Crippen LogP contribution in [0, 0.1) is 0 Å². The van der Waals surface area contributed by atoms with Crippen LogP contribution in [0.25, 0.3) is 9.40 Å². The number of fused-ring (bicyclic) bond motifs is 1. The molecular formula is C45H71Br3K2O8S4. The zero-order chi connectivity index (χ0) is 44.8. The summed E-state index contributed by atoms with van der Waals surface area (Å²) in [6.45, 7) is 8.87. The number of rotatable bonds is 30. The first kappa shape index (κ1) is 68.7. The first-order valence-electron chi connectivity index (χ1n) is 21.9. The Labute approximate surface area is 503 Å². The number of carbonyl (C=O) groups is 4. The number of carbonyl (C=O) groups excluding carboxylic acids is 4. The Morgan fingerprint density at radius 3 is 1.47 bits per heavy atom. The molecule has 0 atom stereocenters. The van der Waals surface area contributed by atoms with Gasteiger partial charge in [0.2, 0.25) is 0 Å². The minimum absolute atomic E-state index is 0. The molecule has 0 bridgehead atoms. The fraction of sp³-hybridized carbons (Fsp3) is 0.689. The van der Waals surface area contributed by atoms with Crippen molar-refractivity contribution in [3.63, 3.8) is 0 Å². The maximum Gasteiger partial charge on any atom is 1.00 e. The van der Waals surface area contributed by atoms with E-state index in [9.17, 15) is 14.4 Å². The third-order valence-electron chi connectivity index (χ3n) is 9.37. The standard InChI is InChI=1S/C22H33BrO2S2.C18H28Br2OS.C4H8O2S.CH2O3.2K.H/c1-3-5-6-7-8-9-10-11-12-13-14-15-17-19-21(18(23)16-26-19)27-20(17)22(24)25-4-2;1-2-3-4-5-6-7-8-9-10-11-12-13-16(21)18-17(20)15(19)14-22-18;1-2-6-4(5)3-7;2-1-4-3;;;/h16H,3-15H2,1-2H3;14H,2-13H2,1H3;7H,2-3H2,1H3;1,3H;;;/q;;;;2*+1;-1/p-1. The van der Waals surface area contributed by atoms with Crippen LogP contribution in [0.2, 0.25) is 0 Å². The van der Waals surface area contributed by atoms with Gasteiger partial charge in [0, 0.05) is 26.1 Å². The number of unbranched alkanes of at least 4 members (excludes halogenated alkanes) is 20. The van der Waals surface area contributed by atoms with E-state index in [1.165, 1.54) is 155 Å². The predicted molar refractivity (Wildman–Crippen MR) is 267 cm³/mol. The van der Waals surface area contributed by atoms with E-state index in [2.05, 4.69) is 89.3 Å². The third-order valence-corrected chi connectivity index (χ3v) is 16.8. The zero-order valence-corrected chi connectivity index (χ0v) is 52.7. The molecule has 0 aliphatic rings. The molecule has 3 aromatic rings. The molecule has 0 aromatic carbocycles. The Morgan fingerprint density at radius 1 is 0.645 bits per heavy atom. The van der Waals surface area contributed by atoms with Crippen molar-refractivity contribution in [2.75, 3.05) is 19.0 Å². The van der Waals surface area contributed by atoms with Crippen LogP contribution in [0.5, 0.6) is 0 Å². The monoisotopic (exact) mass is 1180 g/mol. The van der Waals surface area contributed by atoms with Crippen LogP contribution < -0.4 is 108 Å². The van der Waals surface area contributed by atoms with Gasteiger partial charge in [0.15, 0.2) is 5.78 Å². The van der Waals surface area contributed by atoms with Gasteiger partial charge in [-0.05, 0) is 86.5 Å². The molecule has 0 radical (unpaired) electrons. The molecule has 3 aromatic heterocycles. The molecular weight excluding hydrogens is 1110 g/mol. The summed E-state index contributed by atoms with van der Waals surface area (Å²) >= 11 is 19.0. The number of ether oxygens (including phenoxy) is 2. The summed E-state index contributed by atoms with van der Waals surface area (Å²) in [7, 11) is 0. The van der Waals surface area contributed by atoms with Gasteiger partial charge >= 0.3 is 115 Å². The maximum atomic E-state index is 12.3. The van der Waals surface area contributed by atoms with E-state index in [1.54, 1.807) is 29.6 Å². The van der Waals surface area contributed by atoms with Crippen molar-refractivity contribution in [3.05, 3.63) is 39.5 Å². The molecule has 0 saturated heterocycles. The Morgan fingerprint density at radius 2 is 1.08 bits per heavy atom. The van der Waals surface area contributed by atoms with E-state index < -0.39 is 0 Å². The summed E-state index contributed by atoms with van der Waals surface area (Å²) in [5.74, 6) is 0.0357. The zero-order valence-electron chi connectivity index (χ0n) is 39.4. The van der Waals surface area contributed by atoms with Gasteiger partial charge in [0.25, 0.3) is 6.47 Å². The van der Waals surface area contributed by atoms with Crippen LogP contribution in [0.3, 0.4) is 0 Å². The van der Waals surface area contributed by atoms with E-state index >= 15 is 0 Å². The second kappa shape index (κ2) is 48.5. The van der Waals surface area contributed by atoms with Crippen molar-refractivity contribution in [3.8, 4) is 0 Å². The van der Waals surface area contributed by atoms with Crippen LogP contribution in [0.15, 0.2) is 24.2 Å². The second-order valence-electron chi connectivity index (χ2n) is 14.2. The van der Waals surface area contributed by atoms with Crippen molar-refractivity contribution in [1.82, 2.24) is 0 Å². The number of hydrogen-bond donors (Lipinski definition) is 1. The number of thiol groups is 1. The molecule has 0 aliphatic carbocycles. The molecule has 346 valence electrons. The number of hydrogen-bond acceptors (Lipinski definition) is 12. The van der Waals surface area contributed by atoms with Crippen molar-refractivity contribution in [1.29, 1.82) is 0 Å². The largest absolute Gasteiger partial charge is 1.00 e. The molecule has 0 fully saturated rings. The number of aryl methyl sites for hydroxylation is 1. The van der Waals surface area contributed by atoms with Crippen LogP contribution in [0.4, 0.5) is 0 Å². The second-order valence-corrected chi connectivity index (χ2v) is 19.8. The molecule has 17 heteroatoms. The van der Waals surface area contributed by atoms with Crippen molar-refractivity contribution in [2.45, 2.75) is 182 Å². The molecule has 0 saturated carbocycles. The summed E-state index contributed by atoms with van der Waals surface area (Å²) in [5.41, 5.74) is 1.21. The van der Waals surface area contributed by atoms with E-state index in [1.807, 2.05) is 12.3 Å². The van der Waals surface area contributed by atoms with Crippen molar-refractivity contribution in [2.24, 2.45) is 0 Å². The van der Waals surface area contributed by atoms with E-state index in [0.29, 0.717) is 19.6 Å². The summed E-state index contributed by atoms with van der Waals surface area (Å²) in [6, 6.07) is 0. The Balaban J connectivity index is -0.000000434. The Kier molecular flexibility index (Phi) is 53.7. The number of ketones is 1. The van der Waals surface area contributed by atoms with Crippen LogP contribution in [-0.2, 0) is 30.4 Å². The molecule has 0 amide bonds. The normalized spacial score (nSPS) is 10.1. The SMILES string of the molecule is CCCCCCCCCCCCCC(=O)c1scc(Br)c1Br.CCCCCCCCCCCCCc1c(C(=O)OCC)sc2c(Br)csc12.CCOC(=O)CS.O=CO[O-].[H-].[K+].[K+]. The minimum atomic E-state index is -0.258. The fourth-order valence-electron chi connectivity index (χ4n) is 6.23. The molecule has 0 aliphatic heterocycles. The minimum Gasteiger partial charge on any atom is -1.00 e. The average Bonchev–Trinajstić information content (AvgIpc) is 3.92. The van der Waals surface area contributed by atoms with Crippen molar-refractivity contribution >= 4 is 128 Å². The maximum absolute atomic E-state index is 12.3. The third kappa shape index (κ3) is 33.9. The fourth-order valence-corrected chi connectivity index (χ4v) is 11.7. The Bertz CT molecular complexity index is 1560. The smallest absolute Gasteiger partial charge is 1.00 e. The van der Waals surface area contributed by atoms with Gasteiger partial charge in [0.05, 0.1) is 37.7 Å². The van der Waals surface area contributed by atoms with Crippen LogP contribution >= 0.6 is 94.4 Å². The summed E-state index contributed by atoms with van der Waals surface area (Å²) < 4.78 is 15.2. The predicted octanol–water partition coefficient (Wildman–Crippen LogP) is 9.95. The van der Waals surface area contributed by atoms with Gasteiger partial charge in [-0.1, -0.05) is 142 Å². The number of esters is 2. The van der Waals surface area contributed by atoms with Gasteiger partial charge < -0.3 is 21.0 Å². The molecule has 3 rings (SSSR count). The van der Waals surface area contributed by atoms with Gasteiger partial charge in [-0.2, -0.15) is 12.6 Å². The first-order chi connectivity index (χ1) is 29.1. The van der Waals surface area contributed by atoms with Gasteiger partial charge in [-0.3, -0.25) is 14.4 Å². The summed E-state index contributed by atoms with van der Waals surface area (Å²) in [5, 5.41) is 12.5. The number of halogens is 3. The molecule has 8 nitrogen and oxygen atoms in total. The van der Waals surface area contributed by atoms with Gasteiger partial charge in [-0.15, -0.1) is 34.0 Å². The van der Waals surface area contributed by atoms with Crippen LogP contribution in [0.1, 0.15) is 202 Å². The van der Waals surface area contributed by atoms with E-state index in [0.717, 1.165) is 42.4 Å². The first-order valence-corrected chi connectivity index (χ1v) is 27.5. The van der Waals surface area contributed by atoms with E-state index in [4.69, 9.17) is 14.8 Å². The molecule has 0 N–H and O–H groups in total. The van der Waals surface area contributed by atoms with E-state index in [-0.39, 0.29) is 134 Å². The van der Waals surface area contributed by atoms with Gasteiger partial charge in [-0.25, -0.2) is 4.79 Å².